The fourth-order valence-electron chi connectivity index (χ4n) is 5.08. The summed E-state index contributed by atoms with van der Waals surface area (Å²) in [4.78, 5) is 27.8. The Morgan fingerprint density at radius 1 is 1.23 bits per heavy atom. The Bertz CT molecular complexity index is 1520. The molecule has 3 unspecified atom stereocenters. The molecule has 0 bridgehead atoms. The minimum atomic E-state index is -4.86. The Hall–Kier alpha value is -3.96. The van der Waals surface area contributed by atoms with Gasteiger partial charge in [0.25, 0.3) is 5.91 Å². The lowest BCUT2D eigenvalue weighted by Gasteiger charge is -2.39. The summed E-state index contributed by atoms with van der Waals surface area (Å²) in [6, 6.07) is 2.72. The van der Waals surface area contributed by atoms with Gasteiger partial charge in [-0.05, 0) is 24.5 Å². The van der Waals surface area contributed by atoms with Gasteiger partial charge < -0.3 is 15.4 Å². The van der Waals surface area contributed by atoms with Crippen molar-refractivity contribution in [3.05, 3.63) is 59.6 Å². The molecule has 8 nitrogen and oxygen atoms in total. The summed E-state index contributed by atoms with van der Waals surface area (Å²) >= 11 is 0. The minimum absolute atomic E-state index is 0.0260. The number of hydrogen-bond donors (Lipinski definition) is 1. The first-order valence-electron chi connectivity index (χ1n) is 10.9. The molecule has 12 heteroatoms. The van der Waals surface area contributed by atoms with Crippen molar-refractivity contribution in [2.24, 2.45) is 5.92 Å². The molecular weight excluding hydrogens is 468 g/mol. The van der Waals surface area contributed by atoms with Crippen LogP contribution in [0.3, 0.4) is 0 Å². The third kappa shape index (κ3) is 3.19. The molecule has 180 valence electrons. The number of aromatic nitrogens is 4. The summed E-state index contributed by atoms with van der Waals surface area (Å²) in [7, 11) is 0. The minimum Gasteiger partial charge on any atom is -0.484 e. The number of anilines is 1. The van der Waals surface area contributed by atoms with Crippen LogP contribution >= 0.6 is 0 Å². The number of nitrogens with two attached hydrogens (primary N) is 1. The number of nitrogen functional groups attached to an aromatic ring is 1. The number of piperidine rings is 1. The topological polar surface area (TPSA) is 98.6 Å². The molecular formula is C23H18F4N6O2. The maximum Gasteiger partial charge on any atom is 0.419 e. The first-order chi connectivity index (χ1) is 16.6. The number of nitrogens with zero attached hydrogens (tertiary/aromatic N) is 5. The molecule has 1 fully saturated rings. The van der Waals surface area contributed by atoms with E-state index < -0.39 is 41.4 Å². The van der Waals surface area contributed by atoms with Gasteiger partial charge in [0.05, 0.1) is 35.8 Å². The number of rotatable bonds is 1. The number of alkyl halides is 3. The number of hydrogen-bond acceptors (Lipinski definition) is 6. The number of carbonyl (C=O) groups is 1. The zero-order valence-electron chi connectivity index (χ0n) is 18.3. The predicted molar refractivity (Wildman–Crippen MR) is 116 cm³/mol. The maximum absolute atomic E-state index is 14.8. The second kappa shape index (κ2) is 7.27. The highest BCUT2D eigenvalue weighted by molar-refractivity contribution is 5.96. The summed E-state index contributed by atoms with van der Waals surface area (Å²) in [5.74, 6) is -2.12. The molecule has 4 aromatic rings. The number of pyridine rings is 1. The summed E-state index contributed by atoms with van der Waals surface area (Å²) in [5, 5.41) is 0. The zero-order chi connectivity index (χ0) is 24.6. The average Bonchev–Trinajstić information content (AvgIpc) is 3.43. The molecule has 2 aliphatic heterocycles. The van der Waals surface area contributed by atoms with Gasteiger partial charge in [-0.25, -0.2) is 19.3 Å². The van der Waals surface area contributed by atoms with Crippen molar-refractivity contribution in [1.82, 2.24) is 24.3 Å². The van der Waals surface area contributed by atoms with E-state index in [-0.39, 0.29) is 23.0 Å². The summed E-state index contributed by atoms with van der Waals surface area (Å²) in [6.45, 7) is 2.21. The monoisotopic (exact) mass is 486 g/mol. The first-order valence-corrected chi connectivity index (χ1v) is 10.9. The molecule has 5 heterocycles. The second-order valence-corrected chi connectivity index (χ2v) is 8.95. The number of amides is 1. The third-order valence-electron chi connectivity index (χ3n) is 6.59. The van der Waals surface area contributed by atoms with Gasteiger partial charge in [0.2, 0.25) is 0 Å². The molecule has 35 heavy (non-hydrogen) atoms. The van der Waals surface area contributed by atoms with Crippen LogP contribution in [0.2, 0.25) is 0 Å². The third-order valence-corrected chi connectivity index (χ3v) is 6.59. The predicted octanol–water partition coefficient (Wildman–Crippen LogP) is 4.00. The highest BCUT2D eigenvalue weighted by Gasteiger charge is 2.48. The van der Waals surface area contributed by atoms with Crippen molar-refractivity contribution in [3.63, 3.8) is 0 Å². The van der Waals surface area contributed by atoms with Crippen molar-refractivity contribution >= 4 is 28.3 Å². The van der Waals surface area contributed by atoms with E-state index in [1.165, 1.54) is 17.2 Å². The van der Waals surface area contributed by atoms with Crippen LogP contribution in [-0.4, -0.2) is 42.8 Å². The lowest BCUT2D eigenvalue weighted by atomic mass is 9.88. The summed E-state index contributed by atoms with van der Waals surface area (Å²) < 4.78 is 61.8. The first kappa shape index (κ1) is 21.6. The van der Waals surface area contributed by atoms with Gasteiger partial charge in [-0.1, -0.05) is 13.0 Å². The van der Waals surface area contributed by atoms with E-state index >= 15 is 0 Å². The number of carbonyl (C=O) groups excluding carboxylic acids is 1. The number of likely N-dealkylation sites (tertiary alicyclic amines) is 1. The van der Waals surface area contributed by atoms with Gasteiger partial charge in [-0.15, -0.1) is 0 Å². The fraction of sp³-hybridized carbons (Fsp3) is 0.304. The van der Waals surface area contributed by atoms with Gasteiger partial charge in [-0.2, -0.15) is 13.2 Å². The SMILES string of the molecule is CC1CC2Oc3c(ccc(C(F)(F)F)c3F)C2N(C(=O)c2cc3c(cn2)nc(N)c2cncn23)C1. The number of halogens is 4. The molecule has 2 aliphatic rings. The normalized spacial score (nSPS) is 21.7. The van der Waals surface area contributed by atoms with E-state index in [0.29, 0.717) is 35.6 Å². The zero-order valence-corrected chi connectivity index (χ0v) is 18.3. The van der Waals surface area contributed by atoms with Crippen LogP contribution in [0.15, 0.2) is 36.9 Å². The molecule has 3 atom stereocenters. The lowest BCUT2D eigenvalue weighted by molar-refractivity contribution is -0.140. The number of benzene rings is 1. The van der Waals surface area contributed by atoms with Crippen molar-refractivity contribution < 1.29 is 27.1 Å². The molecule has 0 radical (unpaired) electrons. The van der Waals surface area contributed by atoms with Crippen LogP contribution in [0.5, 0.6) is 5.75 Å². The van der Waals surface area contributed by atoms with E-state index in [0.717, 1.165) is 0 Å². The highest BCUT2D eigenvalue weighted by atomic mass is 19.4. The van der Waals surface area contributed by atoms with E-state index in [9.17, 15) is 22.4 Å². The second-order valence-electron chi connectivity index (χ2n) is 8.95. The molecule has 6 rings (SSSR count). The number of imidazole rings is 1. The summed E-state index contributed by atoms with van der Waals surface area (Å²) in [6.07, 6.45) is -0.532. The molecule has 3 aromatic heterocycles. The molecule has 1 saturated heterocycles. The van der Waals surface area contributed by atoms with Crippen molar-refractivity contribution in [3.8, 4) is 5.75 Å². The van der Waals surface area contributed by atoms with Gasteiger partial charge in [0, 0.05) is 12.1 Å². The number of ether oxygens (including phenoxy) is 1. The largest absolute Gasteiger partial charge is 0.484 e. The van der Waals surface area contributed by atoms with Crippen LogP contribution in [0.25, 0.3) is 16.6 Å². The molecule has 1 aromatic carbocycles. The van der Waals surface area contributed by atoms with Crippen molar-refractivity contribution in [2.75, 3.05) is 12.3 Å². The van der Waals surface area contributed by atoms with Crippen LogP contribution in [0.1, 0.15) is 41.0 Å². The Labute approximate surface area is 195 Å². The quantitative estimate of drug-likeness (QED) is 0.409. The Morgan fingerprint density at radius 2 is 2.03 bits per heavy atom. The average molecular weight is 486 g/mol. The Balaban J connectivity index is 1.43. The van der Waals surface area contributed by atoms with E-state index in [4.69, 9.17) is 10.5 Å². The Morgan fingerprint density at radius 3 is 2.80 bits per heavy atom. The van der Waals surface area contributed by atoms with E-state index in [1.807, 2.05) is 6.92 Å². The van der Waals surface area contributed by atoms with Crippen LogP contribution in [-0.2, 0) is 6.18 Å². The molecule has 0 aliphatic carbocycles. The highest BCUT2D eigenvalue weighted by Crippen LogP contribution is 2.49. The van der Waals surface area contributed by atoms with Crippen LogP contribution in [0, 0.1) is 11.7 Å². The van der Waals surface area contributed by atoms with Crippen LogP contribution in [0.4, 0.5) is 23.4 Å². The number of fused-ring (bicyclic) bond motifs is 6. The van der Waals surface area contributed by atoms with Crippen molar-refractivity contribution in [2.45, 2.75) is 31.7 Å². The standard InChI is InChI=1S/C23H18F4N6O2/c1-10-4-17-19(11-2-3-12(23(25,26)27)18(24)20(11)35-17)32(8-10)22(34)13-5-15-14(6-30-13)31-21(28)16-7-29-9-33(15)16/h2-3,5-7,9-10,17,19H,4,8H2,1H3,(H2,28,31). The molecule has 1 amide bonds. The van der Waals surface area contributed by atoms with Gasteiger partial charge in [-0.3, -0.25) is 9.20 Å². The van der Waals surface area contributed by atoms with Gasteiger partial charge in [0.1, 0.15) is 28.6 Å². The lowest BCUT2D eigenvalue weighted by Crippen LogP contribution is -2.47. The summed E-state index contributed by atoms with van der Waals surface area (Å²) in [5.41, 5.74) is 6.49. The van der Waals surface area contributed by atoms with Gasteiger partial charge in [0.15, 0.2) is 11.6 Å². The van der Waals surface area contributed by atoms with E-state index in [2.05, 4.69) is 15.0 Å². The van der Waals surface area contributed by atoms with E-state index in [1.54, 1.807) is 23.0 Å². The Kier molecular flexibility index (Phi) is 4.48. The smallest absolute Gasteiger partial charge is 0.419 e. The van der Waals surface area contributed by atoms with Gasteiger partial charge >= 0.3 is 6.18 Å². The van der Waals surface area contributed by atoms with Crippen LogP contribution < -0.4 is 10.5 Å². The maximum atomic E-state index is 14.8. The van der Waals surface area contributed by atoms with Crippen molar-refractivity contribution in [1.29, 1.82) is 0 Å². The molecule has 0 saturated carbocycles. The fourth-order valence-corrected chi connectivity index (χ4v) is 5.08. The molecule has 0 spiro atoms. The molecule has 2 N–H and O–H groups in total.